The first kappa shape index (κ1) is 22.7. The third-order valence-electron chi connectivity index (χ3n) is 6.87. The van der Waals surface area contributed by atoms with Gasteiger partial charge in [0, 0.05) is 50.2 Å². The zero-order chi connectivity index (χ0) is 23.9. The topological polar surface area (TPSA) is 52.9 Å². The number of carbonyl (C=O) groups is 1. The first-order valence-electron chi connectivity index (χ1n) is 11.7. The van der Waals surface area contributed by atoms with Crippen molar-refractivity contribution in [2.45, 2.75) is 44.8 Å². The van der Waals surface area contributed by atoms with E-state index in [1.807, 2.05) is 48.2 Å². The predicted molar refractivity (Wildman–Crippen MR) is 134 cm³/mol. The lowest BCUT2D eigenvalue weighted by atomic mass is 9.86. The van der Waals surface area contributed by atoms with Crippen LogP contribution in [-0.2, 0) is 5.60 Å². The van der Waals surface area contributed by atoms with Crippen LogP contribution < -0.4 is 14.2 Å². The van der Waals surface area contributed by atoms with Crippen LogP contribution in [-0.4, -0.2) is 41.7 Å². The van der Waals surface area contributed by atoms with Crippen molar-refractivity contribution in [3.63, 3.8) is 0 Å². The van der Waals surface area contributed by atoms with Crippen LogP contribution in [0, 0.1) is 0 Å². The second-order valence-electron chi connectivity index (χ2n) is 8.97. The summed E-state index contributed by atoms with van der Waals surface area (Å²) in [5.74, 6) is 1.98. The van der Waals surface area contributed by atoms with Gasteiger partial charge in [-0.1, -0.05) is 18.5 Å². The van der Waals surface area contributed by atoms with Crippen LogP contribution in [0.5, 0.6) is 17.2 Å². The Morgan fingerprint density at radius 2 is 1.97 bits per heavy atom. The van der Waals surface area contributed by atoms with E-state index in [4.69, 9.17) is 25.8 Å². The number of halogens is 1. The molecule has 0 unspecified atom stereocenters. The van der Waals surface area contributed by atoms with Crippen LogP contribution in [0.15, 0.2) is 54.7 Å². The molecule has 1 aromatic heterocycles. The highest BCUT2D eigenvalue weighted by Gasteiger charge is 2.44. The third-order valence-corrected chi connectivity index (χ3v) is 7.11. The Morgan fingerprint density at radius 1 is 1.18 bits per heavy atom. The number of fused-ring (bicyclic) bond motifs is 4. The molecule has 0 saturated carbocycles. The molecule has 3 aromatic rings. The highest BCUT2D eigenvalue weighted by molar-refractivity contribution is 6.30. The van der Waals surface area contributed by atoms with Gasteiger partial charge in [-0.25, -0.2) is 0 Å². The molecule has 1 fully saturated rings. The lowest BCUT2D eigenvalue weighted by Gasteiger charge is -2.45. The number of methoxy groups -OCH3 is 1. The molecule has 1 spiro atoms. The van der Waals surface area contributed by atoms with Gasteiger partial charge in [0.25, 0.3) is 5.91 Å². The molecule has 7 heteroatoms. The van der Waals surface area contributed by atoms with Gasteiger partial charge in [0.2, 0.25) is 0 Å². The number of hydrogen-bond acceptors (Lipinski definition) is 4. The van der Waals surface area contributed by atoms with Crippen LogP contribution >= 0.6 is 11.6 Å². The fourth-order valence-corrected chi connectivity index (χ4v) is 4.97. The van der Waals surface area contributed by atoms with Gasteiger partial charge in [-0.05, 0) is 55.8 Å². The minimum Gasteiger partial charge on any atom is -0.493 e. The van der Waals surface area contributed by atoms with E-state index in [9.17, 15) is 4.79 Å². The maximum Gasteiger partial charge on any atom is 0.253 e. The highest BCUT2D eigenvalue weighted by Crippen LogP contribution is 2.46. The van der Waals surface area contributed by atoms with E-state index >= 15 is 0 Å². The van der Waals surface area contributed by atoms with Gasteiger partial charge >= 0.3 is 0 Å². The maximum absolute atomic E-state index is 13.3. The molecule has 2 aliphatic rings. The molecule has 3 heterocycles. The molecule has 34 heavy (non-hydrogen) atoms. The van der Waals surface area contributed by atoms with Crippen molar-refractivity contribution in [2.24, 2.45) is 0 Å². The molecular formula is C27H31ClN2O4. The van der Waals surface area contributed by atoms with Crippen molar-refractivity contribution in [3.05, 3.63) is 71.0 Å². The maximum atomic E-state index is 13.3. The SMILES string of the molecule is CC[C@H](C)Oc1ccc(C(=O)N2CCC3(CC2)Oc2cc(Cl)ccc2-n2cccc23)cc1OC.[HH]. The Bertz CT molecular complexity index is 1220. The summed E-state index contributed by atoms with van der Waals surface area (Å²) in [7, 11) is 1.59. The number of nitrogens with zero attached hydrogens (tertiary/aromatic N) is 2. The third kappa shape index (κ3) is 3.90. The van der Waals surface area contributed by atoms with Gasteiger partial charge in [0.05, 0.1) is 24.6 Å². The largest absolute Gasteiger partial charge is 0.493 e. The molecule has 1 saturated heterocycles. The minimum atomic E-state index is -0.482. The summed E-state index contributed by atoms with van der Waals surface area (Å²) in [6.07, 6.45) is 4.41. The smallest absolute Gasteiger partial charge is 0.253 e. The zero-order valence-corrected chi connectivity index (χ0v) is 20.5. The summed E-state index contributed by atoms with van der Waals surface area (Å²) in [4.78, 5) is 15.2. The molecule has 0 bridgehead atoms. The van der Waals surface area contributed by atoms with Crippen LogP contribution in [0.1, 0.15) is 50.6 Å². The summed E-state index contributed by atoms with van der Waals surface area (Å²) in [5, 5.41) is 0.645. The molecule has 0 aliphatic carbocycles. The average molecular weight is 483 g/mol. The summed E-state index contributed by atoms with van der Waals surface area (Å²) in [6.45, 7) is 5.26. The first-order chi connectivity index (χ1) is 16.4. The highest BCUT2D eigenvalue weighted by atomic mass is 35.5. The van der Waals surface area contributed by atoms with Crippen LogP contribution in [0.2, 0.25) is 5.02 Å². The van der Waals surface area contributed by atoms with E-state index in [0.29, 0.717) is 48.0 Å². The minimum absolute atomic E-state index is 0. The number of ether oxygens (including phenoxy) is 3. The predicted octanol–water partition coefficient (Wildman–Crippen LogP) is 6.09. The van der Waals surface area contributed by atoms with Crippen LogP contribution in [0.3, 0.4) is 0 Å². The fraction of sp³-hybridized carbons (Fsp3) is 0.370. The Balaban J connectivity index is 0.00000289. The molecule has 1 atom stereocenters. The van der Waals surface area contributed by atoms with Crippen LogP contribution in [0.4, 0.5) is 0 Å². The van der Waals surface area contributed by atoms with Crippen molar-refractivity contribution >= 4 is 17.5 Å². The van der Waals surface area contributed by atoms with E-state index in [1.165, 1.54) is 0 Å². The molecule has 0 N–H and O–H groups in total. The summed E-state index contributed by atoms with van der Waals surface area (Å²) < 4.78 is 20.2. The Kier molecular flexibility index (Phi) is 5.94. The number of carbonyl (C=O) groups excluding carboxylic acids is 1. The zero-order valence-electron chi connectivity index (χ0n) is 19.7. The molecule has 0 radical (unpaired) electrons. The lowest BCUT2D eigenvalue weighted by Crippen LogP contribution is -2.50. The monoisotopic (exact) mass is 482 g/mol. The average Bonchev–Trinajstić information content (AvgIpc) is 3.35. The van der Waals surface area contributed by atoms with Crippen molar-refractivity contribution < 1.29 is 20.4 Å². The number of likely N-dealkylation sites (tertiary alicyclic amines) is 1. The number of amides is 1. The van der Waals surface area contributed by atoms with E-state index in [2.05, 4.69) is 23.8 Å². The summed E-state index contributed by atoms with van der Waals surface area (Å²) >= 11 is 6.25. The number of piperidine rings is 1. The number of aromatic nitrogens is 1. The van der Waals surface area contributed by atoms with E-state index < -0.39 is 5.60 Å². The van der Waals surface area contributed by atoms with E-state index in [1.54, 1.807) is 13.2 Å². The van der Waals surface area contributed by atoms with Gasteiger partial charge in [-0.15, -0.1) is 0 Å². The Morgan fingerprint density at radius 3 is 2.71 bits per heavy atom. The van der Waals surface area contributed by atoms with Crippen molar-refractivity contribution in [1.82, 2.24) is 9.47 Å². The van der Waals surface area contributed by atoms with Gasteiger partial charge in [0.15, 0.2) is 17.1 Å². The van der Waals surface area contributed by atoms with Gasteiger partial charge in [-0.2, -0.15) is 0 Å². The van der Waals surface area contributed by atoms with Gasteiger partial charge < -0.3 is 23.7 Å². The molecule has 180 valence electrons. The molecule has 1 amide bonds. The van der Waals surface area contributed by atoms with Gasteiger partial charge in [-0.3, -0.25) is 4.79 Å². The normalized spacial score (nSPS) is 16.9. The second-order valence-corrected chi connectivity index (χ2v) is 9.40. The van der Waals surface area contributed by atoms with Crippen molar-refractivity contribution in [1.29, 1.82) is 0 Å². The van der Waals surface area contributed by atoms with Crippen molar-refractivity contribution in [2.75, 3.05) is 20.2 Å². The number of benzene rings is 2. The molecule has 2 aromatic carbocycles. The first-order valence-corrected chi connectivity index (χ1v) is 12.1. The standard InChI is InChI=1S/C27H29ClN2O4.H2/c1-4-18(2)33-22-10-7-19(16-24(22)32-3)26(31)29-14-11-27(12-15-29)25-6-5-13-30(25)21-9-8-20(28)17-23(21)34-27;/h5-10,13,16-18H,4,11-12,14-15H2,1-3H3;1H/t18-;/m0./s1. The Labute approximate surface area is 206 Å². The molecule has 2 aliphatic heterocycles. The number of hydrogen-bond donors (Lipinski definition) is 0. The van der Waals surface area contributed by atoms with Gasteiger partial charge in [0.1, 0.15) is 5.75 Å². The van der Waals surface area contributed by atoms with E-state index in [0.717, 1.165) is 23.6 Å². The fourth-order valence-electron chi connectivity index (χ4n) is 4.80. The molecule has 5 rings (SSSR count). The molecule has 6 nitrogen and oxygen atoms in total. The summed E-state index contributed by atoms with van der Waals surface area (Å²) in [5.41, 5.74) is 2.21. The molecular weight excluding hydrogens is 452 g/mol. The number of rotatable bonds is 5. The summed E-state index contributed by atoms with van der Waals surface area (Å²) in [6, 6.07) is 15.3. The van der Waals surface area contributed by atoms with Crippen molar-refractivity contribution in [3.8, 4) is 22.9 Å². The lowest BCUT2D eigenvalue weighted by molar-refractivity contribution is -0.00930. The quantitative estimate of drug-likeness (QED) is 0.441. The van der Waals surface area contributed by atoms with Crippen LogP contribution in [0.25, 0.3) is 5.69 Å². The Hall–Kier alpha value is -3.12. The van der Waals surface area contributed by atoms with E-state index in [-0.39, 0.29) is 13.4 Å². The second kappa shape index (κ2) is 8.91.